The quantitative estimate of drug-likeness (QED) is 0.391. The predicted octanol–water partition coefficient (Wildman–Crippen LogP) is 4.43. The number of hydrogen-bond donors (Lipinski definition) is 1. The summed E-state index contributed by atoms with van der Waals surface area (Å²) in [4.78, 5) is 29.4. The fraction of sp³-hybridized carbons (Fsp3) is 0.267. The van der Waals surface area contributed by atoms with Gasteiger partial charge in [-0.05, 0) is 54.8 Å². The summed E-state index contributed by atoms with van der Waals surface area (Å²) in [5, 5.41) is 4.06. The lowest BCUT2D eigenvalue weighted by Gasteiger charge is -2.44. The van der Waals surface area contributed by atoms with Crippen LogP contribution in [0.5, 0.6) is 11.5 Å². The van der Waals surface area contributed by atoms with Crippen LogP contribution in [0.3, 0.4) is 0 Å². The highest BCUT2D eigenvalue weighted by Crippen LogP contribution is 2.33. The van der Waals surface area contributed by atoms with E-state index in [-0.39, 0.29) is 11.8 Å². The van der Waals surface area contributed by atoms with Crippen LogP contribution >= 0.6 is 0 Å². The molecule has 1 aliphatic heterocycles. The maximum Gasteiger partial charge on any atom is 0.271 e. The molecule has 1 aliphatic rings. The van der Waals surface area contributed by atoms with Crippen molar-refractivity contribution >= 4 is 22.7 Å². The van der Waals surface area contributed by atoms with Crippen molar-refractivity contribution in [2.75, 3.05) is 20.8 Å². The standard InChI is InChI=1S/C30H31N3O4/c1-30(29(35)31-19-21-9-5-4-6-10-21)20-32-25-12-8-7-11-22(25)18-26(32)28(34)33(30)16-15-23-17-24(36-2)13-14-27(23)37-3/h4-14,17-18H,15-16,19-20H2,1-3H3,(H,31,35). The largest absolute Gasteiger partial charge is 0.497 e. The normalized spacial score (nSPS) is 16.9. The molecule has 1 N–H and O–H groups in total. The van der Waals surface area contributed by atoms with Gasteiger partial charge in [-0.3, -0.25) is 9.59 Å². The number of nitrogens with one attached hydrogen (secondary N) is 1. The Balaban J connectivity index is 1.49. The third kappa shape index (κ3) is 4.53. The summed E-state index contributed by atoms with van der Waals surface area (Å²) in [6, 6.07) is 25.2. The van der Waals surface area contributed by atoms with Gasteiger partial charge in [0, 0.05) is 24.0 Å². The molecule has 1 unspecified atom stereocenters. The molecule has 2 heterocycles. The number of para-hydroxylation sites is 1. The van der Waals surface area contributed by atoms with Crippen LogP contribution < -0.4 is 14.8 Å². The first-order chi connectivity index (χ1) is 17.9. The fourth-order valence-corrected chi connectivity index (χ4v) is 5.13. The maximum absolute atomic E-state index is 13.9. The minimum absolute atomic E-state index is 0.165. The Kier molecular flexibility index (Phi) is 6.61. The van der Waals surface area contributed by atoms with Gasteiger partial charge in [-0.25, -0.2) is 0 Å². The number of amides is 2. The van der Waals surface area contributed by atoms with Crippen LogP contribution in [-0.2, 0) is 24.3 Å². The number of carbonyl (C=O) groups excluding carboxylic acids is 2. The number of carbonyl (C=O) groups is 2. The summed E-state index contributed by atoms with van der Waals surface area (Å²) in [7, 11) is 3.24. The summed E-state index contributed by atoms with van der Waals surface area (Å²) >= 11 is 0. The summed E-state index contributed by atoms with van der Waals surface area (Å²) < 4.78 is 12.9. The summed E-state index contributed by atoms with van der Waals surface area (Å²) in [6.07, 6.45) is 0.508. The molecule has 37 heavy (non-hydrogen) atoms. The van der Waals surface area contributed by atoms with Crippen LogP contribution in [0.25, 0.3) is 10.9 Å². The van der Waals surface area contributed by atoms with Crippen molar-refractivity contribution < 1.29 is 19.1 Å². The van der Waals surface area contributed by atoms with E-state index in [9.17, 15) is 9.59 Å². The van der Waals surface area contributed by atoms with Gasteiger partial charge in [-0.2, -0.15) is 0 Å². The smallest absolute Gasteiger partial charge is 0.271 e. The summed E-state index contributed by atoms with van der Waals surface area (Å²) in [5.41, 5.74) is 2.36. The number of rotatable bonds is 8. The minimum Gasteiger partial charge on any atom is -0.497 e. The van der Waals surface area contributed by atoms with Gasteiger partial charge in [0.1, 0.15) is 22.7 Å². The molecule has 0 radical (unpaired) electrons. The second kappa shape index (κ2) is 10.0. The number of ether oxygens (including phenoxy) is 2. The van der Waals surface area contributed by atoms with Crippen LogP contribution in [0.2, 0.25) is 0 Å². The fourth-order valence-electron chi connectivity index (χ4n) is 5.13. The van der Waals surface area contributed by atoms with Crippen molar-refractivity contribution in [1.82, 2.24) is 14.8 Å². The van der Waals surface area contributed by atoms with Crippen molar-refractivity contribution in [1.29, 1.82) is 0 Å². The zero-order chi connectivity index (χ0) is 26.0. The molecule has 1 atom stereocenters. The van der Waals surface area contributed by atoms with Gasteiger partial charge in [0.25, 0.3) is 5.91 Å². The number of methoxy groups -OCH3 is 2. The van der Waals surface area contributed by atoms with E-state index in [0.717, 1.165) is 27.8 Å². The highest BCUT2D eigenvalue weighted by Gasteiger charge is 2.47. The Labute approximate surface area is 216 Å². The molecule has 7 heteroatoms. The molecular formula is C30H31N3O4. The Bertz CT molecular complexity index is 1450. The van der Waals surface area contributed by atoms with E-state index in [1.165, 1.54) is 0 Å². The minimum atomic E-state index is -1.09. The lowest BCUT2D eigenvalue weighted by Crippen LogP contribution is -2.64. The van der Waals surface area contributed by atoms with Crippen LogP contribution in [0.1, 0.15) is 28.5 Å². The lowest BCUT2D eigenvalue weighted by molar-refractivity contribution is -0.133. The van der Waals surface area contributed by atoms with Crippen LogP contribution in [0.4, 0.5) is 0 Å². The highest BCUT2D eigenvalue weighted by molar-refractivity contribution is 6.03. The highest BCUT2D eigenvalue weighted by atomic mass is 16.5. The zero-order valence-corrected chi connectivity index (χ0v) is 21.4. The molecule has 0 aliphatic carbocycles. The van der Waals surface area contributed by atoms with E-state index in [1.54, 1.807) is 19.1 Å². The second-order valence-corrected chi connectivity index (χ2v) is 9.50. The number of hydrogen-bond acceptors (Lipinski definition) is 4. The van der Waals surface area contributed by atoms with Gasteiger partial charge in [0.2, 0.25) is 5.91 Å². The van der Waals surface area contributed by atoms with Gasteiger partial charge in [-0.15, -0.1) is 0 Å². The van der Waals surface area contributed by atoms with E-state index >= 15 is 0 Å². The molecule has 5 rings (SSSR count). The molecule has 2 amide bonds. The monoisotopic (exact) mass is 497 g/mol. The Morgan fingerprint density at radius 2 is 1.73 bits per heavy atom. The van der Waals surface area contributed by atoms with E-state index in [0.29, 0.717) is 37.5 Å². The zero-order valence-electron chi connectivity index (χ0n) is 21.4. The molecule has 3 aromatic carbocycles. The molecule has 0 fully saturated rings. The SMILES string of the molecule is COc1ccc(OC)c(CCN2C(=O)c3cc4ccccc4n3CC2(C)C(=O)NCc2ccccc2)c1. The van der Waals surface area contributed by atoms with Gasteiger partial charge >= 0.3 is 0 Å². The Morgan fingerprint density at radius 1 is 0.973 bits per heavy atom. The predicted molar refractivity (Wildman–Crippen MR) is 143 cm³/mol. The first-order valence-electron chi connectivity index (χ1n) is 12.4. The molecule has 0 saturated carbocycles. The third-order valence-corrected chi connectivity index (χ3v) is 7.21. The van der Waals surface area contributed by atoms with Crippen molar-refractivity contribution in [3.05, 3.63) is 95.7 Å². The van der Waals surface area contributed by atoms with Gasteiger partial charge < -0.3 is 24.3 Å². The molecule has 0 spiro atoms. The molecule has 7 nitrogen and oxygen atoms in total. The third-order valence-electron chi connectivity index (χ3n) is 7.21. The molecular weight excluding hydrogens is 466 g/mol. The maximum atomic E-state index is 13.9. The number of benzene rings is 3. The average molecular weight is 498 g/mol. The van der Waals surface area contributed by atoms with E-state index in [2.05, 4.69) is 5.32 Å². The number of fused-ring (bicyclic) bond motifs is 3. The van der Waals surface area contributed by atoms with Crippen molar-refractivity contribution in [3.8, 4) is 11.5 Å². The topological polar surface area (TPSA) is 72.8 Å². The Hall–Kier alpha value is -4.26. The van der Waals surface area contributed by atoms with E-state index in [4.69, 9.17) is 9.47 Å². The first-order valence-corrected chi connectivity index (χ1v) is 12.4. The van der Waals surface area contributed by atoms with Gasteiger partial charge in [-0.1, -0.05) is 48.5 Å². The average Bonchev–Trinajstić information content (AvgIpc) is 3.30. The molecule has 190 valence electrons. The Morgan fingerprint density at radius 3 is 2.49 bits per heavy atom. The van der Waals surface area contributed by atoms with Crippen LogP contribution in [0, 0.1) is 0 Å². The summed E-state index contributed by atoms with van der Waals surface area (Å²) in [6.45, 7) is 2.95. The van der Waals surface area contributed by atoms with E-state index < -0.39 is 5.54 Å². The lowest BCUT2D eigenvalue weighted by atomic mass is 9.93. The molecule has 1 aromatic heterocycles. The van der Waals surface area contributed by atoms with Crippen LogP contribution in [-0.4, -0.2) is 47.6 Å². The van der Waals surface area contributed by atoms with Crippen molar-refractivity contribution in [3.63, 3.8) is 0 Å². The molecule has 0 bridgehead atoms. The van der Waals surface area contributed by atoms with Gasteiger partial charge in [0.15, 0.2) is 0 Å². The van der Waals surface area contributed by atoms with Gasteiger partial charge in [0.05, 0.1) is 20.8 Å². The number of nitrogens with zero attached hydrogens (tertiary/aromatic N) is 2. The molecule has 0 saturated heterocycles. The van der Waals surface area contributed by atoms with Crippen LogP contribution in [0.15, 0.2) is 78.9 Å². The summed E-state index contributed by atoms with van der Waals surface area (Å²) in [5.74, 6) is 1.08. The van der Waals surface area contributed by atoms with Crippen molar-refractivity contribution in [2.45, 2.75) is 32.0 Å². The molecule has 4 aromatic rings. The first kappa shape index (κ1) is 24.4. The second-order valence-electron chi connectivity index (χ2n) is 9.50. The number of aromatic nitrogens is 1. The van der Waals surface area contributed by atoms with Crippen molar-refractivity contribution in [2.24, 2.45) is 0 Å². The van der Waals surface area contributed by atoms with E-state index in [1.807, 2.05) is 90.4 Å².